The molecule has 22 heavy (non-hydrogen) atoms. The van der Waals surface area contributed by atoms with Crippen LogP contribution in [-0.4, -0.2) is 61.0 Å². The van der Waals surface area contributed by atoms with Gasteiger partial charge in [0.1, 0.15) is 0 Å². The molecule has 1 heterocycles. The molecule has 0 amide bonds. The summed E-state index contributed by atoms with van der Waals surface area (Å²) in [6, 6.07) is 0. The predicted octanol–water partition coefficient (Wildman–Crippen LogP) is 1.42. The van der Waals surface area contributed by atoms with E-state index in [0.717, 1.165) is 37.1 Å². The molecule has 8 heteroatoms. The summed E-state index contributed by atoms with van der Waals surface area (Å²) in [5.74, 6) is 2.31. The number of rotatable bonds is 13. The first-order chi connectivity index (χ1) is 10.8. The van der Waals surface area contributed by atoms with E-state index in [9.17, 15) is 0 Å². The molecule has 1 aromatic heterocycles. The van der Waals surface area contributed by atoms with E-state index < -0.39 is 0 Å². The maximum absolute atomic E-state index is 4.48. The molecule has 7 nitrogen and oxygen atoms in total. The first-order valence-electron chi connectivity index (χ1n) is 7.96. The van der Waals surface area contributed by atoms with Crippen molar-refractivity contribution in [3.63, 3.8) is 0 Å². The van der Waals surface area contributed by atoms with Crippen LogP contribution in [0.4, 0.5) is 11.9 Å². The van der Waals surface area contributed by atoms with Gasteiger partial charge in [0, 0.05) is 31.9 Å². The molecule has 0 bridgehead atoms. The second kappa shape index (κ2) is 12.4. The summed E-state index contributed by atoms with van der Waals surface area (Å²) < 4.78 is 0. The number of nitrogens with one attached hydrogen (secondary N) is 4. The van der Waals surface area contributed by atoms with E-state index in [1.165, 1.54) is 19.3 Å². The Balaban J connectivity index is 2.62. The lowest BCUT2D eigenvalue weighted by atomic mass is 10.3. The molecule has 1 rings (SSSR count). The molecule has 126 valence electrons. The maximum atomic E-state index is 4.48. The van der Waals surface area contributed by atoms with Gasteiger partial charge in [-0.2, -0.15) is 15.0 Å². The molecule has 0 atom stereocenters. The third-order valence-corrected chi connectivity index (χ3v) is 3.84. The van der Waals surface area contributed by atoms with Gasteiger partial charge in [-0.15, -0.1) is 0 Å². The number of likely N-dealkylation sites (N-methyl/N-ethyl adjacent to an activating group) is 2. The van der Waals surface area contributed by atoms with Gasteiger partial charge in [-0.1, -0.05) is 31.5 Å². The molecule has 0 saturated heterocycles. The molecule has 0 aromatic carbocycles. The highest BCUT2D eigenvalue weighted by atomic mass is 32.2. The van der Waals surface area contributed by atoms with E-state index in [0.29, 0.717) is 11.9 Å². The number of thioether (sulfide) groups is 1. The van der Waals surface area contributed by atoms with Gasteiger partial charge < -0.3 is 21.3 Å². The summed E-state index contributed by atoms with van der Waals surface area (Å²) in [4.78, 5) is 13.4. The van der Waals surface area contributed by atoms with E-state index in [-0.39, 0.29) is 0 Å². The lowest BCUT2D eigenvalue weighted by Gasteiger charge is -2.10. The fourth-order valence-corrected chi connectivity index (χ4v) is 2.53. The van der Waals surface area contributed by atoms with Gasteiger partial charge in [0.2, 0.25) is 11.9 Å². The van der Waals surface area contributed by atoms with Crippen LogP contribution in [0, 0.1) is 0 Å². The molecule has 0 aliphatic carbocycles. The zero-order valence-corrected chi connectivity index (χ0v) is 14.7. The van der Waals surface area contributed by atoms with Gasteiger partial charge in [0.05, 0.1) is 0 Å². The Labute approximate surface area is 137 Å². The van der Waals surface area contributed by atoms with Crippen molar-refractivity contribution in [1.29, 1.82) is 0 Å². The third-order valence-electron chi connectivity index (χ3n) is 2.91. The quantitative estimate of drug-likeness (QED) is 0.320. The SMILES string of the molecule is CCCCCSc1nc(NCCNC)nc(NCCNC)n1. The minimum atomic E-state index is 0.634. The molecule has 0 fully saturated rings. The van der Waals surface area contributed by atoms with Crippen molar-refractivity contribution in [1.82, 2.24) is 25.6 Å². The monoisotopic (exact) mass is 327 g/mol. The fourth-order valence-electron chi connectivity index (χ4n) is 1.69. The molecular weight excluding hydrogens is 298 g/mol. The summed E-state index contributed by atoms with van der Waals surface area (Å²) in [6.45, 7) is 5.52. The molecule has 4 N–H and O–H groups in total. The van der Waals surface area contributed by atoms with Crippen molar-refractivity contribution in [2.24, 2.45) is 0 Å². The van der Waals surface area contributed by atoms with Crippen molar-refractivity contribution in [2.75, 3.05) is 56.7 Å². The second-order valence-corrected chi connectivity index (χ2v) is 5.94. The highest BCUT2D eigenvalue weighted by Gasteiger charge is 2.06. The fraction of sp³-hybridized carbons (Fsp3) is 0.786. The normalized spacial score (nSPS) is 10.7. The van der Waals surface area contributed by atoms with Gasteiger partial charge >= 0.3 is 0 Å². The van der Waals surface area contributed by atoms with Crippen LogP contribution < -0.4 is 21.3 Å². The Morgan fingerprint density at radius 1 is 0.818 bits per heavy atom. The summed E-state index contributed by atoms with van der Waals surface area (Å²) in [6.07, 6.45) is 3.67. The van der Waals surface area contributed by atoms with Gasteiger partial charge in [0.15, 0.2) is 5.16 Å². The topological polar surface area (TPSA) is 86.8 Å². The number of hydrogen-bond acceptors (Lipinski definition) is 8. The Kier molecular flexibility index (Phi) is 10.7. The van der Waals surface area contributed by atoms with Crippen LogP contribution in [0.25, 0.3) is 0 Å². The molecule has 1 aromatic rings. The highest BCUT2D eigenvalue weighted by molar-refractivity contribution is 7.99. The lowest BCUT2D eigenvalue weighted by Crippen LogP contribution is -2.21. The van der Waals surface area contributed by atoms with Crippen LogP contribution in [0.3, 0.4) is 0 Å². The third kappa shape index (κ3) is 8.35. The number of nitrogens with zero attached hydrogens (tertiary/aromatic N) is 3. The van der Waals surface area contributed by atoms with Crippen LogP contribution >= 0.6 is 11.8 Å². The number of aromatic nitrogens is 3. The van der Waals surface area contributed by atoms with Gasteiger partial charge in [0.25, 0.3) is 0 Å². The minimum Gasteiger partial charge on any atom is -0.353 e. The van der Waals surface area contributed by atoms with Gasteiger partial charge in [-0.3, -0.25) is 0 Å². The van der Waals surface area contributed by atoms with Gasteiger partial charge in [-0.05, 0) is 20.5 Å². The molecule has 0 aliphatic rings. The first kappa shape index (κ1) is 18.9. The molecule has 0 spiro atoms. The van der Waals surface area contributed by atoms with Crippen LogP contribution in [0.5, 0.6) is 0 Å². The standard InChI is InChI=1S/C14H29N7S/c1-4-5-6-11-22-14-20-12(17-9-7-15-2)19-13(21-14)18-10-8-16-3/h15-16H,4-11H2,1-3H3,(H2,17,18,19,20,21). The Morgan fingerprint density at radius 2 is 1.41 bits per heavy atom. The largest absolute Gasteiger partial charge is 0.353 e. The van der Waals surface area contributed by atoms with Crippen LogP contribution in [0.2, 0.25) is 0 Å². The van der Waals surface area contributed by atoms with E-state index in [1.54, 1.807) is 11.8 Å². The minimum absolute atomic E-state index is 0.634. The van der Waals surface area contributed by atoms with E-state index in [1.807, 2.05) is 14.1 Å². The highest BCUT2D eigenvalue weighted by Crippen LogP contribution is 2.18. The maximum Gasteiger partial charge on any atom is 0.228 e. The van der Waals surface area contributed by atoms with Crippen molar-refractivity contribution in [2.45, 2.75) is 31.3 Å². The van der Waals surface area contributed by atoms with Crippen LogP contribution in [-0.2, 0) is 0 Å². The average Bonchev–Trinajstić information content (AvgIpc) is 2.52. The predicted molar refractivity (Wildman–Crippen MR) is 94.9 cm³/mol. The van der Waals surface area contributed by atoms with Crippen molar-refractivity contribution >= 4 is 23.7 Å². The average molecular weight is 328 g/mol. The Bertz CT molecular complexity index is 375. The summed E-state index contributed by atoms with van der Waals surface area (Å²) in [5.41, 5.74) is 0. The molecule has 0 unspecified atom stereocenters. The summed E-state index contributed by atoms with van der Waals surface area (Å²) in [5, 5.41) is 13.4. The van der Waals surface area contributed by atoms with Crippen molar-refractivity contribution in [3.8, 4) is 0 Å². The summed E-state index contributed by atoms with van der Waals surface area (Å²) >= 11 is 1.69. The number of unbranched alkanes of at least 4 members (excludes halogenated alkanes) is 2. The molecule has 0 saturated carbocycles. The Hall–Kier alpha value is -1.12. The van der Waals surface area contributed by atoms with Crippen LogP contribution in [0.1, 0.15) is 26.2 Å². The Morgan fingerprint density at radius 3 is 1.91 bits per heavy atom. The van der Waals surface area contributed by atoms with Crippen molar-refractivity contribution in [3.05, 3.63) is 0 Å². The molecular formula is C14H29N7S. The molecule has 0 radical (unpaired) electrons. The summed E-state index contributed by atoms with van der Waals surface area (Å²) in [7, 11) is 3.85. The van der Waals surface area contributed by atoms with Gasteiger partial charge in [-0.25, -0.2) is 0 Å². The second-order valence-electron chi connectivity index (χ2n) is 4.88. The number of hydrogen-bond donors (Lipinski definition) is 4. The van der Waals surface area contributed by atoms with E-state index in [4.69, 9.17) is 0 Å². The number of anilines is 2. The zero-order chi connectivity index (χ0) is 16.0. The lowest BCUT2D eigenvalue weighted by molar-refractivity contribution is 0.775. The zero-order valence-electron chi connectivity index (χ0n) is 13.9. The smallest absolute Gasteiger partial charge is 0.228 e. The first-order valence-corrected chi connectivity index (χ1v) is 8.94. The van der Waals surface area contributed by atoms with Crippen LogP contribution in [0.15, 0.2) is 5.16 Å². The van der Waals surface area contributed by atoms with E-state index >= 15 is 0 Å². The molecule has 0 aliphatic heterocycles. The van der Waals surface area contributed by atoms with E-state index in [2.05, 4.69) is 43.1 Å². The van der Waals surface area contributed by atoms with Crippen molar-refractivity contribution < 1.29 is 0 Å².